The Morgan fingerprint density at radius 3 is 1.92 bits per heavy atom. The van der Waals surface area contributed by atoms with Gasteiger partial charge in [0.05, 0.1) is 6.54 Å². The summed E-state index contributed by atoms with van der Waals surface area (Å²) in [4.78, 5) is 11.7. The Kier molecular flexibility index (Phi) is 12.1. The van der Waals surface area contributed by atoms with E-state index in [9.17, 15) is 4.79 Å². The molecule has 4 N–H and O–H groups in total. The molecule has 0 aliphatic carbocycles. The van der Waals surface area contributed by atoms with Gasteiger partial charge in [-0.05, 0) is 27.1 Å². The fourth-order valence-corrected chi connectivity index (χ4v) is 0.474. The fraction of sp³-hybridized carbons (Fsp3) is 0.875. The summed E-state index contributed by atoms with van der Waals surface area (Å²) < 4.78 is 0. The summed E-state index contributed by atoms with van der Waals surface area (Å²) in [5, 5.41) is 0. The van der Waals surface area contributed by atoms with Crippen LogP contribution >= 0.6 is 0 Å². The van der Waals surface area contributed by atoms with Crippen molar-refractivity contribution in [3.05, 3.63) is 0 Å². The third-order valence-corrected chi connectivity index (χ3v) is 1.16. The van der Waals surface area contributed by atoms with Gasteiger partial charge >= 0.3 is 0 Å². The van der Waals surface area contributed by atoms with E-state index >= 15 is 0 Å². The molecule has 4 nitrogen and oxygen atoms in total. The highest BCUT2D eigenvalue weighted by atomic mass is 16.1. The number of amides is 1. The normalized spacial score (nSPS) is 9.08. The van der Waals surface area contributed by atoms with Crippen molar-refractivity contribution in [2.75, 3.05) is 27.2 Å². The molecule has 0 saturated heterocycles. The number of primary amides is 1. The molecule has 0 fully saturated rings. The smallest absolute Gasteiger partial charge is 0.231 e. The molecule has 0 spiro atoms. The van der Waals surface area contributed by atoms with Crippen molar-refractivity contribution in [3.63, 3.8) is 0 Å². The minimum atomic E-state index is -0.468. The first-order valence-corrected chi connectivity index (χ1v) is 4.17. The maximum Gasteiger partial charge on any atom is 0.231 e. The number of nitrogens with two attached hydrogens (primary N) is 2. The van der Waals surface area contributed by atoms with Crippen molar-refractivity contribution in [3.8, 4) is 0 Å². The summed E-state index contributed by atoms with van der Waals surface area (Å²) in [7, 11) is 4.21. The zero-order valence-electron chi connectivity index (χ0n) is 8.34. The van der Waals surface area contributed by atoms with Crippen molar-refractivity contribution < 1.29 is 4.79 Å². The maximum absolute atomic E-state index is 9.47. The third kappa shape index (κ3) is 22.8. The summed E-state index contributed by atoms with van der Waals surface area (Å²) in [6.07, 6.45) is 2.63. The van der Waals surface area contributed by atoms with Crippen molar-refractivity contribution in [1.29, 1.82) is 0 Å². The molecule has 4 heteroatoms. The largest absolute Gasteiger partial charge is 0.369 e. The molecule has 0 aromatic rings. The molecule has 12 heavy (non-hydrogen) atoms. The molecule has 0 unspecified atom stereocenters. The van der Waals surface area contributed by atoms with Crippen LogP contribution in [-0.2, 0) is 4.79 Å². The highest BCUT2D eigenvalue weighted by Gasteiger charge is 1.83. The van der Waals surface area contributed by atoms with E-state index in [0.717, 1.165) is 0 Å². The molecule has 0 radical (unpaired) electrons. The van der Waals surface area contributed by atoms with E-state index in [4.69, 9.17) is 5.73 Å². The second kappa shape index (κ2) is 10.4. The standard InChI is InChI=1S/C6H15N.C2H6N2O/c1-4-5-6-7(2)3;3-1-2(4)5/h4-6H2,1-3H3;1,3H2,(H2,4,5). The van der Waals surface area contributed by atoms with Gasteiger partial charge < -0.3 is 16.4 Å². The number of hydrogen-bond acceptors (Lipinski definition) is 3. The first-order valence-electron chi connectivity index (χ1n) is 4.17. The molecule has 0 heterocycles. The molecule has 1 amide bonds. The van der Waals surface area contributed by atoms with E-state index < -0.39 is 5.91 Å². The number of nitrogens with zero attached hydrogens (tertiary/aromatic N) is 1. The molecular weight excluding hydrogens is 154 g/mol. The Morgan fingerprint density at radius 1 is 1.42 bits per heavy atom. The summed E-state index contributed by atoms with van der Waals surface area (Å²) >= 11 is 0. The summed E-state index contributed by atoms with van der Waals surface area (Å²) in [5.74, 6) is -0.468. The first kappa shape index (κ1) is 13.9. The Morgan fingerprint density at radius 2 is 1.83 bits per heavy atom. The highest BCUT2D eigenvalue weighted by Crippen LogP contribution is 1.86. The molecular formula is C8H21N3O. The zero-order chi connectivity index (χ0) is 9.98. The van der Waals surface area contributed by atoms with Crippen LogP contribution < -0.4 is 11.5 Å². The van der Waals surface area contributed by atoms with Crippen molar-refractivity contribution in [1.82, 2.24) is 4.90 Å². The molecule has 0 atom stereocenters. The molecule has 74 valence electrons. The quantitative estimate of drug-likeness (QED) is 0.620. The molecule has 0 saturated carbocycles. The van der Waals surface area contributed by atoms with Gasteiger partial charge in [-0.15, -0.1) is 0 Å². The minimum absolute atomic E-state index is 0.0556. The number of rotatable bonds is 4. The Balaban J connectivity index is 0. The van der Waals surface area contributed by atoms with Crippen molar-refractivity contribution in [2.45, 2.75) is 19.8 Å². The van der Waals surface area contributed by atoms with Gasteiger partial charge in [0.1, 0.15) is 0 Å². The number of carbonyl (C=O) groups is 1. The van der Waals surface area contributed by atoms with Crippen LogP contribution in [0.2, 0.25) is 0 Å². The number of carbonyl (C=O) groups excluding carboxylic acids is 1. The maximum atomic E-state index is 9.47. The monoisotopic (exact) mass is 175 g/mol. The van der Waals surface area contributed by atoms with Crippen LogP contribution in [0.1, 0.15) is 19.8 Å². The fourth-order valence-electron chi connectivity index (χ4n) is 0.474. The SMILES string of the molecule is CCCCN(C)C.NCC(N)=O. The number of unbranched alkanes of at least 4 members (excludes halogenated alkanes) is 1. The molecule has 0 rings (SSSR count). The molecule has 0 aromatic carbocycles. The van der Waals surface area contributed by atoms with E-state index in [1.54, 1.807) is 0 Å². The molecule has 0 aromatic heterocycles. The van der Waals surface area contributed by atoms with E-state index in [0.29, 0.717) is 0 Å². The van der Waals surface area contributed by atoms with Gasteiger partial charge in [0.15, 0.2) is 0 Å². The van der Waals surface area contributed by atoms with Crippen LogP contribution in [0, 0.1) is 0 Å². The van der Waals surface area contributed by atoms with Gasteiger partial charge in [-0.3, -0.25) is 4.79 Å². The summed E-state index contributed by atoms with van der Waals surface area (Å²) in [5.41, 5.74) is 9.22. The Labute approximate surface area is 74.9 Å². The van der Waals surface area contributed by atoms with Crippen LogP contribution in [-0.4, -0.2) is 38.0 Å². The lowest BCUT2D eigenvalue weighted by atomic mass is 10.3. The van der Waals surface area contributed by atoms with Gasteiger partial charge in [-0.2, -0.15) is 0 Å². The van der Waals surface area contributed by atoms with Crippen LogP contribution in [0.25, 0.3) is 0 Å². The van der Waals surface area contributed by atoms with Crippen LogP contribution in [0.3, 0.4) is 0 Å². The van der Waals surface area contributed by atoms with Gasteiger partial charge in [0, 0.05) is 0 Å². The Hall–Kier alpha value is -0.610. The predicted octanol–water partition coefficient (Wildman–Crippen LogP) is -0.221. The van der Waals surface area contributed by atoms with E-state index in [-0.39, 0.29) is 6.54 Å². The van der Waals surface area contributed by atoms with Gasteiger partial charge in [-0.25, -0.2) is 0 Å². The predicted molar refractivity (Wildman–Crippen MR) is 51.7 cm³/mol. The van der Waals surface area contributed by atoms with E-state index in [2.05, 4.69) is 31.7 Å². The zero-order valence-corrected chi connectivity index (χ0v) is 8.34. The average Bonchev–Trinajstić information content (AvgIpc) is 2.02. The van der Waals surface area contributed by atoms with Gasteiger partial charge in [-0.1, -0.05) is 13.3 Å². The molecule has 0 aliphatic rings. The molecule has 0 aliphatic heterocycles. The third-order valence-electron chi connectivity index (χ3n) is 1.16. The molecule has 0 bridgehead atoms. The van der Waals surface area contributed by atoms with E-state index in [1.807, 2.05) is 0 Å². The second-order valence-corrected chi connectivity index (χ2v) is 2.83. The summed E-state index contributed by atoms with van der Waals surface area (Å²) in [6, 6.07) is 0. The van der Waals surface area contributed by atoms with Crippen LogP contribution in [0.15, 0.2) is 0 Å². The van der Waals surface area contributed by atoms with Crippen molar-refractivity contribution in [2.24, 2.45) is 11.5 Å². The second-order valence-electron chi connectivity index (χ2n) is 2.83. The lowest BCUT2D eigenvalue weighted by molar-refractivity contribution is -0.116. The van der Waals surface area contributed by atoms with Crippen LogP contribution in [0.4, 0.5) is 0 Å². The highest BCUT2D eigenvalue weighted by molar-refractivity contribution is 5.75. The van der Waals surface area contributed by atoms with Gasteiger partial charge in [0.25, 0.3) is 0 Å². The first-order chi connectivity index (χ1) is 5.54. The summed E-state index contributed by atoms with van der Waals surface area (Å²) in [6.45, 7) is 3.39. The van der Waals surface area contributed by atoms with Crippen molar-refractivity contribution >= 4 is 5.91 Å². The Bertz CT molecular complexity index is 104. The lowest BCUT2D eigenvalue weighted by Gasteiger charge is -2.05. The lowest BCUT2D eigenvalue weighted by Crippen LogP contribution is -2.21. The van der Waals surface area contributed by atoms with E-state index in [1.165, 1.54) is 19.4 Å². The number of hydrogen-bond donors (Lipinski definition) is 2. The average molecular weight is 175 g/mol. The van der Waals surface area contributed by atoms with Gasteiger partial charge in [0.2, 0.25) is 5.91 Å². The topological polar surface area (TPSA) is 72.3 Å². The minimum Gasteiger partial charge on any atom is -0.369 e. The van der Waals surface area contributed by atoms with Crippen LogP contribution in [0.5, 0.6) is 0 Å².